The first-order valence-electron chi connectivity index (χ1n) is 11.0. The largest absolute Gasteiger partial charge is 0.465 e. The van der Waals surface area contributed by atoms with Gasteiger partial charge in [-0.15, -0.1) is 0 Å². The van der Waals surface area contributed by atoms with Crippen LogP contribution in [0.25, 0.3) is 0 Å². The van der Waals surface area contributed by atoms with Crippen LogP contribution < -0.4 is 0 Å². The van der Waals surface area contributed by atoms with Crippen LogP contribution in [0.1, 0.15) is 65.1 Å². The summed E-state index contributed by atoms with van der Waals surface area (Å²) in [6, 6.07) is 13.9. The van der Waals surface area contributed by atoms with E-state index >= 15 is 0 Å². The van der Waals surface area contributed by atoms with Crippen molar-refractivity contribution in [3.05, 3.63) is 69.7 Å². The Kier molecular flexibility index (Phi) is 5.49. The van der Waals surface area contributed by atoms with Gasteiger partial charge in [0.15, 0.2) is 0 Å². The molecule has 0 unspecified atom stereocenters. The maximum absolute atomic E-state index is 11.6. The van der Waals surface area contributed by atoms with Gasteiger partial charge in [0.25, 0.3) is 0 Å². The van der Waals surface area contributed by atoms with Crippen LogP contribution in [0.15, 0.2) is 47.6 Å². The fraction of sp³-hybridized carbons (Fsp3) is 0.440. The number of hydrogen-bond donors (Lipinski definition) is 0. The van der Waals surface area contributed by atoms with Crippen molar-refractivity contribution in [2.24, 2.45) is 5.16 Å². The lowest BCUT2D eigenvalue weighted by molar-refractivity contribution is -0.0627. The number of carbonyl (C=O) groups excluding carboxylic acids is 1. The van der Waals surface area contributed by atoms with Crippen LogP contribution in [0.2, 0.25) is 5.02 Å². The van der Waals surface area contributed by atoms with Gasteiger partial charge in [-0.25, -0.2) is 4.79 Å². The van der Waals surface area contributed by atoms with E-state index in [2.05, 4.69) is 28.3 Å². The molecule has 2 aromatic rings. The molecule has 0 N–H and O–H groups in total. The van der Waals surface area contributed by atoms with E-state index < -0.39 is 0 Å². The Labute approximate surface area is 188 Å². The van der Waals surface area contributed by atoms with Gasteiger partial charge >= 0.3 is 5.97 Å². The molecule has 2 aliphatic heterocycles. The van der Waals surface area contributed by atoms with Gasteiger partial charge in [-0.2, -0.15) is 0 Å². The van der Waals surface area contributed by atoms with E-state index in [1.54, 1.807) is 12.1 Å². The maximum Gasteiger partial charge on any atom is 0.337 e. The van der Waals surface area contributed by atoms with Crippen molar-refractivity contribution in [3.63, 3.8) is 0 Å². The quantitative estimate of drug-likeness (QED) is 0.605. The predicted molar refractivity (Wildman–Crippen MR) is 121 cm³/mol. The number of piperidine rings is 1. The molecule has 0 atom stereocenters. The fourth-order valence-electron chi connectivity index (χ4n) is 4.66. The lowest BCUT2D eigenvalue weighted by Crippen LogP contribution is -2.44. The molecule has 5 rings (SSSR count). The van der Waals surface area contributed by atoms with Crippen molar-refractivity contribution in [1.82, 2.24) is 4.90 Å². The van der Waals surface area contributed by atoms with Gasteiger partial charge in [0, 0.05) is 43.9 Å². The van der Waals surface area contributed by atoms with Crippen LogP contribution in [0.5, 0.6) is 0 Å². The Balaban J connectivity index is 1.18. The van der Waals surface area contributed by atoms with Crippen molar-refractivity contribution in [1.29, 1.82) is 0 Å². The molecule has 1 saturated carbocycles. The minimum atomic E-state index is -0.330. The lowest BCUT2D eigenvalue weighted by atomic mass is 9.85. The number of rotatable bonds is 5. The van der Waals surface area contributed by atoms with E-state index in [9.17, 15) is 4.79 Å². The summed E-state index contributed by atoms with van der Waals surface area (Å²) in [6.45, 7) is 2.89. The zero-order chi connectivity index (χ0) is 21.4. The second-order valence-electron chi connectivity index (χ2n) is 9.00. The van der Waals surface area contributed by atoms with Gasteiger partial charge in [0.05, 0.1) is 18.4 Å². The summed E-state index contributed by atoms with van der Waals surface area (Å²) in [7, 11) is 1.39. The van der Waals surface area contributed by atoms with Crippen LogP contribution in [-0.2, 0) is 16.1 Å². The summed E-state index contributed by atoms with van der Waals surface area (Å²) < 4.78 is 4.77. The fourth-order valence-corrected chi connectivity index (χ4v) is 4.92. The van der Waals surface area contributed by atoms with E-state index in [1.807, 2.05) is 12.1 Å². The molecule has 2 fully saturated rings. The van der Waals surface area contributed by atoms with Gasteiger partial charge < -0.3 is 9.57 Å². The maximum atomic E-state index is 11.6. The monoisotopic (exact) mass is 438 g/mol. The molecule has 0 aromatic heterocycles. The Morgan fingerprint density at radius 2 is 1.94 bits per heavy atom. The number of halogens is 1. The highest BCUT2D eigenvalue weighted by Crippen LogP contribution is 2.41. The second-order valence-corrected chi connectivity index (χ2v) is 9.44. The van der Waals surface area contributed by atoms with Crippen molar-refractivity contribution < 1.29 is 14.4 Å². The molecule has 1 spiro atoms. The zero-order valence-electron chi connectivity index (χ0n) is 17.8. The van der Waals surface area contributed by atoms with E-state index in [0.29, 0.717) is 11.5 Å². The van der Waals surface area contributed by atoms with E-state index in [1.165, 1.54) is 31.1 Å². The van der Waals surface area contributed by atoms with E-state index in [0.717, 1.165) is 55.2 Å². The smallest absolute Gasteiger partial charge is 0.337 e. The summed E-state index contributed by atoms with van der Waals surface area (Å²) >= 11 is 6.37. The van der Waals surface area contributed by atoms with Gasteiger partial charge in [-0.3, -0.25) is 4.90 Å². The third-order valence-electron chi connectivity index (χ3n) is 6.68. The summed E-state index contributed by atoms with van der Waals surface area (Å²) in [5, 5.41) is 5.25. The minimum absolute atomic E-state index is 0.208. The summed E-state index contributed by atoms with van der Waals surface area (Å²) in [5.41, 5.74) is 4.99. The molecule has 3 aliphatic rings. The molecule has 0 radical (unpaired) electrons. The van der Waals surface area contributed by atoms with Gasteiger partial charge in [0.1, 0.15) is 5.60 Å². The van der Waals surface area contributed by atoms with Crippen molar-refractivity contribution in [2.75, 3.05) is 20.2 Å². The van der Waals surface area contributed by atoms with Crippen LogP contribution in [0.3, 0.4) is 0 Å². The van der Waals surface area contributed by atoms with Crippen molar-refractivity contribution >= 4 is 23.3 Å². The minimum Gasteiger partial charge on any atom is -0.465 e. The number of esters is 1. The average molecular weight is 439 g/mol. The van der Waals surface area contributed by atoms with Gasteiger partial charge in [-0.05, 0) is 59.7 Å². The average Bonchev–Trinajstić information content (AvgIpc) is 3.56. The normalized spacial score (nSPS) is 20.4. The Bertz CT molecular complexity index is 1010. The molecule has 0 amide bonds. The summed E-state index contributed by atoms with van der Waals surface area (Å²) in [5.74, 6) is 0.384. The molecule has 162 valence electrons. The summed E-state index contributed by atoms with van der Waals surface area (Å²) in [4.78, 5) is 20.1. The molecule has 31 heavy (non-hydrogen) atoms. The number of oxime groups is 1. The van der Waals surface area contributed by atoms with Crippen molar-refractivity contribution in [2.45, 2.75) is 50.2 Å². The predicted octanol–water partition coefficient (Wildman–Crippen LogP) is 5.16. The molecule has 1 aliphatic carbocycles. The lowest BCUT2D eigenvalue weighted by Gasteiger charge is -2.37. The number of hydrogen-bond acceptors (Lipinski definition) is 5. The number of likely N-dealkylation sites (tertiary alicyclic amines) is 1. The third kappa shape index (κ3) is 4.48. The molecule has 0 bridgehead atoms. The highest BCUT2D eigenvalue weighted by molar-refractivity contribution is 6.30. The van der Waals surface area contributed by atoms with Crippen LogP contribution in [0.4, 0.5) is 0 Å². The first-order chi connectivity index (χ1) is 15.0. The number of nitrogens with zero attached hydrogens (tertiary/aromatic N) is 2. The first kappa shape index (κ1) is 20.5. The Hall–Kier alpha value is -2.37. The molecular formula is C25H27ClN2O3. The second kappa shape index (κ2) is 8.29. The molecule has 2 aromatic carbocycles. The molecular weight excluding hydrogens is 412 g/mol. The van der Waals surface area contributed by atoms with E-state index in [4.69, 9.17) is 21.2 Å². The Morgan fingerprint density at radius 1 is 1.19 bits per heavy atom. The molecule has 1 saturated heterocycles. The topological polar surface area (TPSA) is 51.1 Å². The highest BCUT2D eigenvalue weighted by Gasteiger charge is 2.42. The number of carbonyl (C=O) groups is 1. The van der Waals surface area contributed by atoms with Gasteiger partial charge in [0.2, 0.25) is 0 Å². The van der Waals surface area contributed by atoms with Crippen molar-refractivity contribution in [3.8, 4) is 0 Å². The number of ether oxygens (including phenoxy) is 1. The number of benzene rings is 2. The van der Waals surface area contributed by atoms with Gasteiger partial charge in [-0.1, -0.05) is 35.0 Å². The van der Waals surface area contributed by atoms with E-state index in [-0.39, 0.29) is 11.6 Å². The summed E-state index contributed by atoms with van der Waals surface area (Å²) in [6.07, 6.45) is 5.29. The third-order valence-corrected chi connectivity index (χ3v) is 6.90. The van der Waals surface area contributed by atoms with Crippen LogP contribution in [-0.4, -0.2) is 42.4 Å². The van der Waals surface area contributed by atoms with Crippen LogP contribution >= 0.6 is 11.6 Å². The highest BCUT2D eigenvalue weighted by atomic mass is 35.5. The molecule has 2 heterocycles. The first-order valence-corrected chi connectivity index (χ1v) is 11.4. The molecule has 5 nitrogen and oxygen atoms in total. The number of methoxy groups -OCH3 is 1. The Morgan fingerprint density at radius 3 is 2.61 bits per heavy atom. The zero-order valence-corrected chi connectivity index (χ0v) is 18.5. The SMILES string of the molecule is COC(=O)c1ccc(C2=NOC3(CCN(Cc4cc(Cl)cc(C5CC5)c4)CC3)C2)cc1. The van der Waals surface area contributed by atoms with Crippen LogP contribution in [0, 0.1) is 0 Å². The standard InChI is InChI=1S/C25H27ClN2O3/c1-30-24(29)20-6-4-19(5-7-20)23-15-25(31-27-23)8-10-28(11-9-25)16-17-12-21(18-2-3-18)14-22(26)13-17/h4-7,12-14,18H,2-3,8-11,15-16H2,1H3. The molecule has 6 heteroatoms.